The molecule has 0 saturated carbocycles. The summed E-state index contributed by atoms with van der Waals surface area (Å²) in [6, 6.07) is 27.0. The fraction of sp³-hybridized carbons (Fsp3) is 0.172. The zero-order valence-electron chi connectivity index (χ0n) is 19.1. The van der Waals surface area contributed by atoms with E-state index in [2.05, 4.69) is 65.6 Å². The Hall–Kier alpha value is -2.49. The Morgan fingerprint density at radius 2 is 1.49 bits per heavy atom. The molecule has 3 aliphatic rings. The molecular formula is C29H23NO2SSiTe. The molecule has 6 heteroatoms. The summed E-state index contributed by atoms with van der Waals surface area (Å²) in [4.78, 5) is 28.7. The van der Waals surface area contributed by atoms with Gasteiger partial charge in [-0.3, -0.25) is 0 Å². The Kier molecular flexibility index (Phi) is 5.15. The van der Waals surface area contributed by atoms with Gasteiger partial charge in [-0.15, -0.1) is 0 Å². The first-order valence-corrected chi connectivity index (χ1v) is 17.8. The Balaban J connectivity index is 1.34. The summed E-state index contributed by atoms with van der Waals surface area (Å²) in [6.45, 7) is 0. The van der Waals surface area contributed by atoms with Gasteiger partial charge in [0.25, 0.3) is 0 Å². The Morgan fingerprint density at radius 1 is 0.800 bits per heavy atom. The van der Waals surface area contributed by atoms with E-state index in [1.54, 1.807) is 16.4 Å². The van der Waals surface area contributed by atoms with E-state index in [9.17, 15) is 9.59 Å². The van der Waals surface area contributed by atoms with E-state index in [0.29, 0.717) is 16.0 Å². The van der Waals surface area contributed by atoms with Crippen LogP contribution in [0.25, 0.3) is 6.08 Å². The molecule has 0 N–H and O–H groups in total. The van der Waals surface area contributed by atoms with Gasteiger partial charge in [-0.2, -0.15) is 0 Å². The minimum absolute atomic E-state index is 0.110. The number of anilines is 3. The van der Waals surface area contributed by atoms with Gasteiger partial charge in [-0.1, -0.05) is 0 Å². The fourth-order valence-corrected chi connectivity index (χ4v) is 15.4. The Labute approximate surface area is 219 Å². The molecule has 35 heavy (non-hydrogen) atoms. The van der Waals surface area contributed by atoms with Crippen molar-refractivity contribution >= 4 is 82.9 Å². The molecule has 3 nitrogen and oxygen atoms in total. The SMILES string of the molecule is O=C1/C(=C\c2ccc(N3c4ccccc4[Si]4(CCCCC4)c4ccccc43)[te]2)C(=O)c2sccc21. The predicted molar refractivity (Wildman–Crippen MR) is 148 cm³/mol. The molecule has 1 aliphatic carbocycles. The maximum absolute atomic E-state index is 12.8. The fourth-order valence-electron chi connectivity index (χ4n) is 6.20. The average Bonchev–Trinajstić information content (AvgIpc) is 3.62. The number of carbonyl (C=O) groups is 2. The van der Waals surface area contributed by atoms with Crippen molar-refractivity contribution in [3.8, 4) is 0 Å². The van der Waals surface area contributed by atoms with Crippen molar-refractivity contribution in [2.75, 3.05) is 4.90 Å². The van der Waals surface area contributed by atoms with Crippen LogP contribution in [-0.2, 0) is 0 Å². The summed E-state index contributed by atoms with van der Waals surface area (Å²) < 4.78 is 2.47. The Morgan fingerprint density at radius 3 is 2.17 bits per heavy atom. The molecule has 0 bridgehead atoms. The van der Waals surface area contributed by atoms with Gasteiger partial charge in [-0.05, 0) is 0 Å². The summed E-state index contributed by atoms with van der Waals surface area (Å²) in [5.41, 5.74) is 3.62. The van der Waals surface area contributed by atoms with Gasteiger partial charge in [0, 0.05) is 0 Å². The predicted octanol–water partition coefficient (Wildman–Crippen LogP) is 5.80. The number of allylic oxidation sites excluding steroid dienone is 1. The van der Waals surface area contributed by atoms with Crippen LogP contribution in [0.2, 0.25) is 12.1 Å². The zero-order valence-corrected chi connectivity index (χ0v) is 23.3. The number of fused-ring (bicyclic) bond motifs is 5. The van der Waals surface area contributed by atoms with Crippen LogP contribution in [0.4, 0.5) is 15.1 Å². The van der Waals surface area contributed by atoms with Crippen LogP contribution in [0.3, 0.4) is 0 Å². The number of Topliss-reactive ketones (excluding diaryl/α,β-unsaturated/α-hetero) is 2. The molecule has 2 aromatic heterocycles. The number of hydrogen-bond acceptors (Lipinski definition) is 4. The van der Waals surface area contributed by atoms with Gasteiger partial charge in [0.05, 0.1) is 0 Å². The second kappa shape index (κ2) is 8.28. The van der Waals surface area contributed by atoms with E-state index in [0.717, 1.165) is 3.58 Å². The molecular weight excluding hydrogens is 582 g/mol. The molecule has 1 saturated heterocycles. The van der Waals surface area contributed by atoms with E-state index >= 15 is 0 Å². The third-order valence-electron chi connectivity index (χ3n) is 7.75. The van der Waals surface area contributed by atoms with Crippen LogP contribution in [0.15, 0.2) is 77.7 Å². The number of benzene rings is 2. The monoisotopic (exact) mass is 607 g/mol. The van der Waals surface area contributed by atoms with Crippen molar-refractivity contribution in [3.05, 3.63) is 91.7 Å². The molecule has 7 rings (SSSR count). The number of para-hydroxylation sites is 2. The van der Waals surface area contributed by atoms with E-state index in [1.165, 1.54) is 57.8 Å². The maximum atomic E-state index is 12.8. The number of nitrogens with zero attached hydrogens (tertiary/aromatic N) is 1. The van der Waals surface area contributed by atoms with E-state index in [4.69, 9.17) is 0 Å². The molecule has 4 aromatic rings. The summed E-state index contributed by atoms with van der Waals surface area (Å²) in [7, 11) is -1.77. The number of ketones is 2. The van der Waals surface area contributed by atoms with Crippen LogP contribution in [0.5, 0.6) is 0 Å². The van der Waals surface area contributed by atoms with Gasteiger partial charge < -0.3 is 0 Å². The van der Waals surface area contributed by atoms with E-state index in [1.807, 2.05) is 11.5 Å². The number of hydrogen-bond donors (Lipinski definition) is 0. The van der Waals surface area contributed by atoms with Gasteiger partial charge in [0.2, 0.25) is 0 Å². The quantitative estimate of drug-likeness (QED) is 0.165. The normalized spacial score (nSPS) is 19.2. The number of thiophene rings is 1. The molecule has 0 amide bonds. The third-order valence-corrected chi connectivity index (χ3v) is 16.9. The molecule has 2 aromatic carbocycles. The van der Waals surface area contributed by atoms with Crippen LogP contribution >= 0.6 is 11.3 Å². The van der Waals surface area contributed by atoms with Crippen LogP contribution < -0.4 is 15.3 Å². The van der Waals surface area contributed by atoms with E-state index < -0.39 is 28.5 Å². The number of carbonyl (C=O) groups excluding carboxylic acids is 2. The third kappa shape index (κ3) is 3.21. The molecule has 4 heterocycles. The van der Waals surface area contributed by atoms with Crippen molar-refractivity contribution in [1.82, 2.24) is 0 Å². The zero-order chi connectivity index (χ0) is 23.6. The first kappa shape index (κ1) is 21.8. The first-order chi connectivity index (χ1) is 17.2. The molecule has 0 atom stereocenters. The van der Waals surface area contributed by atoms with Crippen molar-refractivity contribution in [2.45, 2.75) is 31.4 Å². The van der Waals surface area contributed by atoms with Gasteiger partial charge >= 0.3 is 220 Å². The average molecular weight is 605 g/mol. The molecule has 2 aliphatic heterocycles. The number of rotatable bonds is 2. The van der Waals surface area contributed by atoms with Crippen molar-refractivity contribution in [3.63, 3.8) is 0 Å². The molecule has 0 unspecified atom stereocenters. The summed E-state index contributed by atoms with van der Waals surface area (Å²) >= 11 is 0.612. The standard InChI is InChI=1S/C29H23NO2SSiTe/c31-27-20-14-15-33-29(20)28(32)21(27)18-19-12-13-26(35-19)30-22-8-2-4-10-24(22)34(16-6-1-7-17-34)25-11-5-3-9-23(25)30/h2-5,8-15,18H,1,6-7,16-17H2/b21-18+. The minimum atomic E-state index is -1.77. The summed E-state index contributed by atoms with van der Waals surface area (Å²) in [5, 5.41) is 5.00. The van der Waals surface area contributed by atoms with Crippen molar-refractivity contribution < 1.29 is 9.59 Å². The Bertz CT molecular complexity index is 1460. The van der Waals surface area contributed by atoms with Crippen LogP contribution in [-0.4, -0.2) is 40.1 Å². The first-order valence-electron chi connectivity index (χ1n) is 12.1. The van der Waals surface area contributed by atoms with Gasteiger partial charge in [0.1, 0.15) is 0 Å². The summed E-state index contributed by atoms with van der Waals surface area (Å²) in [6.07, 6.45) is 5.89. The van der Waals surface area contributed by atoms with Gasteiger partial charge in [0.15, 0.2) is 0 Å². The second-order valence-corrected chi connectivity index (χ2v) is 17.8. The van der Waals surface area contributed by atoms with Gasteiger partial charge in [-0.25, -0.2) is 0 Å². The molecule has 0 radical (unpaired) electrons. The molecule has 1 fully saturated rings. The topological polar surface area (TPSA) is 37.4 Å². The second-order valence-electron chi connectivity index (χ2n) is 9.57. The van der Waals surface area contributed by atoms with Crippen LogP contribution in [0.1, 0.15) is 42.9 Å². The van der Waals surface area contributed by atoms with Crippen LogP contribution in [0, 0.1) is 0 Å². The van der Waals surface area contributed by atoms with Crippen molar-refractivity contribution in [1.29, 1.82) is 0 Å². The molecule has 172 valence electrons. The van der Waals surface area contributed by atoms with Crippen molar-refractivity contribution in [2.24, 2.45) is 0 Å². The molecule has 1 spiro atoms. The van der Waals surface area contributed by atoms with E-state index in [-0.39, 0.29) is 11.6 Å². The summed E-state index contributed by atoms with van der Waals surface area (Å²) in [5.74, 6) is -0.229.